The summed E-state index contributed by atoms with van der Waals surface area (Å²) in [6, 6.07) is 6.97. The summed E-state index contributed by atoms with van der Waals surface area (Å²) in [4.78, 5) is 14.5. The van der Waals surface area contributed by atoms with Crippen LogP contribution in [0.2, 0.25) is 0 Å². The molecule has 1 saturated heterocycles. The lowest BCUT2D eigenvalue weighted by Gasteiger charge is -2.24. The molecule has 22 heavy (non-hydrogen) atoms. The lowest BCUT2D eigenvalue weighted by molar-refractivity contribution is 0.189. The minimum atomic E-state index is -3.17. The van der Waals surface area contributed by atoms with Crippen molar-refractivity contribution in [1.82, 2.24) is 10.2 Å². The molecule has 0 radical (unpaired) electrons. The van der Waals surface area contributed by atoms with Gasteiger partial charge in [0.05, 0.1) is 4.90 Å². The van der Waals surface area contributed by atoms with Crippen molar-refractivity contribution in [2.24, 2.45) is 0 Å². The highest BCUT2D eigenvalue weighted by molar-refractivity contribution is 7.90. The zero-order valence-electron chi connectivity index (χ0n) is 13.2. The summed E-state index contributed by atoms with van der Waals surface area (Å²) in [6.07, 6.45) is 5.48. The number of rotatable bonds is 5. The van der Waals surface area contributed by atoms with Crippen LogP contribution in [0.15, 0.2) is 29.2 Å². The average Bonchev–Trinajstić information content (AvgIpc) is 2.93. The third-order valence-electron chi connectivity index (χ3n) is 4.06. The fourth-order valence-electron chi connectivity index (χ4n) is 2.87. The van der Waals surface area contributed by atoms with E-state index in [0.29, 0.717) is 17.5 Å². The monoisotopic (exact) mass is 324 g/mol. The second kappa shape index (κ2) is 7.13. The van der Waals surface area contributed by atoms with Gasteiger partial charge in [0.15, 0.2) is 9.84 Å². The van der Waals surface area contributed by atoms with E-state index in [4.69, 9.17) is 0 Å². The molecule has 2 rings (SSSR count). The van der Waals surface area contributed by atoms with Crippen molar-refractivity contribution in [2.45, 2.75) is 50.1 Å². The van der Waals surface area contributed by atoms with E-state index < -0.39 is 9.84 Å². The van der Waals surface area contributed by atoms with Crippen LogP contribution < -0.4 is 5.32 Å². The maximum absolute atomic E-state index is 12.2. The third kappa shape index (κ3) is 4.22. The fourth-order valence-corrected chi connectivity index (χ4v) is 3.50. The molecule has 2 amide bonds. The number of amides is 2. The molecule has 1 aliphatic heterocycles. The van der Waals surface area contributed by atoms with E-state index in [1.54, 1.807) is 24.3 Å². The van der Waals surface area contributed by atoms with Crippen molar-refractivity contribution in [3.63, 3.8) is 0 Å². The Bertz CT molecular complexity index is 611. The number of nitrogens with zero attached hydrogens (tertiary/aromatic N) is 1. The number of hydrogen-bond donors (Lipinski definition) is 1. The van der Waals surface area contributed by atoms with Gasteiger partial charge in [-0.3, -0.25) is 0 Å². The van der Waals surface area contributed by atoms with Crippen LogP contribution in [-0.2, 0) is 16.4 Å². The predicted octanol–water partition coefficient (Wildman–Crippen LogP) is 2.56. The van der Waals surface area contributed by atoms with Crippen LogP contribution in [0.25, 0.3) is 0 Å². The Morgan fingerprint density at radius 1 is 1.32 bits per heavy atom. The van der Waals surface area contributed by atoms with Gasteiger partial charge in [-0.25, -0.2) is 13.2 Å². The van der Waals surface area contributed by atoms with Crippen molar-refractivity contribution in [3.8, 4) is 0 Å². The Hall–Kier alpha value is -1.56. The molecule has 1 N–H and O–H groups in total. The van der Waals surface area contributed by atoms with Gasteiger partial charge < -0.3 is 10.2 Å². The highest BCUT2D eigenvalue weighted by atomic mass is 32.2. The lowest BCUT2D eigenvalue weighted by atomic mass is 10.1. The van der Waals surface area contributed by atoms with Gasteiger partial charge in [-0.05, 0) is 37.0 Å². The lowest BCUT2D eigenvalue weighted by Crippen LogP contribution is -2.42. The van der Waals surface area contributed by atoms with Crippen LogP contribution in [0.1, 0.15) is 38.2 Å². The van der Waals surface area contributed by atoms with Crippen LogP contribution in [0, 0.1) is 0 Å². The van der Waals surface area contributed by atoms with E-state index in [9.17, 15) is 13.2 Å². The van der Waals surface area contributed by atoms with Crippen LogP contribution >= 0.6 is 0 Å². The number of urea groups is 1. The fraction of sp³-hybridized carbons (Fsp3) is 0.562. The van der Waals surface area contributed by atoms with E-state index in [-0.39, 0.29) is 6.03 Å². The highest BCUT2D eigenvalue weighted by Crippen LogP contribution is 2.21. The van der Waals surface area contributed by atoms with E-state index in [1.807, 2.05) is 4.90 Å². The topological polar surface area (TPSA) is 66.5 Å². The number of benzene rings is 1. The number of carbonyl (C=O) groups is 1. The largest absolute Gasteiger partial charge is 0.334 e. The Balaban J connectivity index is 1.91. The van der Waals surface area contributed by atoms with Gasteiger partial charge in [0.25, 0.3) is 0 Å². The Labute approximate surface area is 132 Å². The maximum atomic E-state index is 12.2. The van der Waals surface area contributed by atoms with E-state index in [1.165, 1.54) is 6.26 Å². The molecule has 0 bridgehead atoms. The minimum Gasteiger partial charge on any atom is -0.334 e. The molecule has 6 heteroatoms. The molecule has 0 spiro atoms. The molecule has 1 aromatic rings. The summed E-state index contributed by atoms with van der Waals surface area (Å²) in [7, 11) is -3.17. The molecule has 0 aromatic heterocycles. The molecule has 1 aliphatic rings. The van der Waals surface area contributed by atoms with Crippen LogP contribution in [0.5, 0.6) is 0 Å². The maximum Gasteiger partial charge on any atom is 0.317 e. The standard InChI is InChI=1S/C16H24N2O3S/c1-3-5-14-6-4-11-18(14)16(19)17-12-13-7-9-15(10-8-13)22(2,20)21/h7-10,14H,3-6,11-12H2,1-2H3,(H,17,19). The first-order valence-corrected chi connectivity index (χ1v) is 9.64. The molecule has 0 aliphatic carbocycles. The first-order valence-electron chi connectivity index (χ1n) is 7.75. The SMILES string of the molecule is CCCC1CCCN1C(=O)NCc1ccc(S(C)(=O)=O)cc1. The summed E-state index contributed by atoms with van der Waals surface area (Å²) in [5.74, 6) is 0. The molecule has 1 atom stereocenters. The molecule has 1 heterocycles. The van der Waals surface area contributed by atoms with Gasteiger partial charge in [-0.2, -0.15) is 0 Å². The van der Waals surface area contributed by atoms with Gasteiger partial charge in [0.2, 0.25) is 0 Å². The third-order valence-corrected chi connectivity index (χ3v) is 5.18. The summed E-state index contributed by atoms with van der Waals surface area (Å²) in [6.45, 7) is 3.37. The van der Waals surface area contributed by atoms with Crippen LogP contribution in [0.3, 0.4) is 0 Å². The number of sulfone groups is 1. The van der Waals surface area contributed by atoms with Gasteiger partial charge in [-0.1, -0.05) is 25.5 Å². The highest BCUT2D eigenvalue weighted by Gasteiger charge is 2.27. The van der Waals surface area contributed by atoms with Crippen molar-refractivity contribution < 1.29 is 13.2 Å². The molecular weight excluding hydrogens is 300 g/mol. The zero-order valence-corrected chi connectivity index (χ0v) is 14.0. The van der Waals surface area contributed by atoms with Crippen LogP contribution in [-0.4, -0.2) is 38.2 Å². The van der Waals surface area contributed by atoms with Crippen molar-refractivity contribution in [3.05, 3.63) is 29.8 Å². The number of likely N-dealkylation sites (tertiary alicyclic amines) is 1. The second-order valence-corrected chi connectivity index (χ2v) is 7.87. The molecule has 1 aromatic carbocycles. The van der Waals surface area contributed by atoms with Crippen molar-refractivity contribution in [2.75, 3.05) is 12.8 Å². The summed E-state index contributed by atoms with van der Waals surface area (Å²) in [5.41, 5.74) is 0.895. The average molecular weight is 324 g/mol. The molecular formula is C16H24N2O3S. The van der Waals surface area contributed by atoms with Gasteiger partial charge in [0, 0.05) is 25.4 Å². The summed E-state index contributed by atoms with van der Waals surface area (Å²) < 4.78 is 22.8. The number of nitrogens with one attached hydrogen (secondary N) is 1. The Morgan fingerprint density at radius 2 is 2.00 bits per heavy atom. The normalized spacial score (nSPS) is 18.5. The summed E-state index contributed by atoms with van der Waals surface area (Å²) >= 11 is 0. The van der Waals surface area contributed by atoms with Gasteiger partial charge in [0.1, 0.15) is 0 Å². The minimum absolute atomic E-state index is 0.0249. The first kappa shape index (κ1) is 16.8. The van der Waals surface area contributed by atoms with Crippen molar-refractivity contribution in [1.29, 1.82) is 0 Å². The second-order valence-electron chi connectivity index (χ2n) is 5.85. The smallest absolute Gasteiger partial charge is 0.317 e. The zero-order chi connectivity index (χ0) is 16.2. The summed E-state index contributed by atoms with van der Waals surface area (Å²) in [5, 5.41) is 2.93. The van der Waals surface area contributed by atoms with Crippen molar-refractivity contribution >= 4 is 15.9 Å². The van der Waals surface area contributed by atoms with E-state index >= 15 is 0 Å². The molecule has 1 fully saturated rings. The molecule has 122 valence electrons. The molecule has 5 nitrogen and oxygen atoms in total. The van der Waals surface area contributed by atoms with Gasteiger partial charge >= 0.3 is 6.03 Å². The quantitative estimate of drug-likeness (QED) is 0.905. The van der Waals surface area contributed by atoms with E-state index in [0.717, 1.165) is 37.8 Å². The Kier molecular flexibility index (Phi) is 5.45. The van der Waals surface area contributed by atoms with Gasteiger partial charge in [-0.15, -0.1) is 0 Å². The first-order chi connectivity index (χ1) is 10.4. The van der Waals surface area contributed by atoms with E-state index in [2.05, 4.69) is 12.2 Å². The molecule has 0 saturated carbocycles. The predicted molar refractivity (Wildman–Crippen MR) is 86.4 cm³/mol. The number of hydrogen-bond acceptors (Lipinski definition) is 3. The van der Waals surface area contributed by atoms with Crippen LogP contribution in [0.4, 0.5) is 4.79 Å². The Morgan fingerprint density at radius 3 is 2.59 bits per heavy atom. The molecule has 1 unspecified atom stereocenters. The number of carbonyl (C=O) groups excluding carboxylic acids is 1.